The van der Waals surface area contributed by atoms with Gasteiger partial charge in [0.1, 0.15) is 0 Å². The Bertz CT molecular complexity index is 286. The van der Waals surface area contributed by atoms with Gasteiger partial charge in [0.25, 0.3) is 0 Å². The van der Waals surface area contributed by atoms with Gasteiger partial charge in [-0.2, -0.15) is 0 Å². The highest BCUT2D eigenvalue weighted by molar-refractivity contribution is 5.47. The average Bonchev–Trinajstić information content (AvgIpc) is 2.29. The zero-order chi connectivity index (χ0) is 12.0. The summed E-state index contributed by atoms with van der Waals surface area (Å²) in [5, 5.41) is 9.45. The highest BCUT2D eigenvalue weighted by Gasteiger charge is 2.05. The Morgan fingerprint density at radius 3 is 1.94 bits per heavy atom. The van der Waals surface area contributed by atoms with Crippen LogP contribution in [0.2, 0.25) is 0 Å². The summed E-state index contributed by atoms with van der Waals surface area (Å²) in [5.41, 5.74) is 2.24. The zero-order valence-corrected chi connectivity index (χ0v) is 10.6. The lowest BCUT2D eigenvalue weighted by Gasteiger charge is -2.24. The summed E-state index contributed by atoms with van der Waals surface area (Å²) in [6.45, 7) is 8.40. The Morgan fingerprint density at radius 1 is 1.06 bits per heavy atom. The highest BCUT2D eigenvalue weighted by Crippen LogP contribution is 2.19. The van der Waals surface area contributed by atoms with Gasteiger partial charge in [0.15, 0.2) is 0 Å². The molecule has 0 amide bonds. The number of nitrogens with zero attached hydrogens (tertiary/aromatic N) is 1. The molecule has 16 heavy (non-hydrogen) atoms. The summed E-state index contributed by atoms with van der Waals surface area (Å²) in [5.74, 6) is 0. The van der Waals surface area contributed by atoms with Gasteiger partial charge in [-0.05, 0) is 37.5 Å². The maximum Gasteiger partial charge on any atom is 0.0761 e. The molecular weight excluding hydrogens is 198 g/mol. The van der Waals surface area contributed by atoms with Crippen LogP contribution in [0.15, 0.2) is 24.3 Å². The van der Waals surface area contributed by atoms with Crippen molar-refractivity contribution in [2.24, 2.45) is 0 Å². The Morgan fingerprint density at radius 2 is 1.56 bits per heavy atom. The molecule has 2 heteroatoms. The fourth-order valence-electron chi connectivity index (χ4n) is 1.87. The number of rotatable bonds is 6. The van der Waals surface area contributed by atoms with Crippen molar-refractivity contribution in [1.82, 2.24) is 0 Å². The van der Waals surface area contributed by atoms with Crippen LogP contribution in [-0.2, 0) is 0 Å². The summed E-state index contributed by atoms with van der Waals surface area (Å²) in [7, 11) is 0. The summed E-state index contributed by atoms with van der Waals surface area (Å²) < 4.78 is 0. The van der Waals surface area contributed by atoms with Gasteiger partial charge in [-0.25, -0.2) is 0 Å². The molecule has 0 aliphatic rings. The molecule has 0 fully saturated rings. The van der Waals surface area contributed by atoms with Crippen LogP contribution in [-0.4, -0.2) is 18.2 Å². The third-order valence-corrected chi connectivity index (χ3v) is 2.73. The van der Waals surface area contributed by atoms with E-state index in [1.807, 2.05) is 12.1 Å². The van der Waals surface area contributed by atoms with Crippen LogP contribution in [0, 0.1) is 0 Å². The van der Waals surface area contributed by atoms with Crippen molar-refractivity contribution in [2.75, 3.05) is 18.0 Å². The van der Waals surface area contributed by atoms with Crippen LogP contribution in [0.25, 0.3) is 0 Å². The van der Waals surface area contributed by atoms with Crippen LogP contribution in [0.4, 0.5) is 5.69 Å². The first-order valence-corrected chi connectivity index (χ1v) is 6.22. The zero-order valence-electron chi connectivity index (χ0n) is 10.6. The van der Waals surface area contributed by atoms with Gasteiger partial charge in [0.05, 0.1) is 6.10 Å². The summed E-state index contributed by atoms with van der Waals surface area (Å²) >= 11 is 0. The lowest BCUT2D eigenvalue weighted by atomic mass is 10.1. The maximum atomic E-state index is 9.45. The molecule has 1 rings (SSSR count). The molecule has 0 saturated heterocycles. The second-order valence-electron chi connectivity index (χ2n) is 4.25. The fourth-order valence-corrected chi connectivity index (χ4v) is 1.87. The monoisotopic (exact) mass is 221 g/mol. The van der Waals surface area contributed by atoms with E-state index in [9.17, 15) is 5.11 Å². The topological polar surface area (TPSA) is 23.5 Å². The molecule has 0 spiro atoms. The number of hydrogen-bond donors (Lipinski definition) is 1. The predicted molar refractivity (Wildman–Crippen MR) is 69.9 cm³/mol. The van der Waals surface area contributed by atoms with Crippen LogP contribution < -0.4 is 4.90 Å². The number of aliphatic hydroxyl groups is 1. The molecule has 1 aromatic carbocycles. The number of anilines is 1. The quantitative estimate of drug-likeness (QED) is 0.796. The molecule has 0 saturated carbocycles. The molecule has 0 aliphatic heterocycles. The van der Waals surface area contributed by atoms with E-state index in [0.717, 1.165) is 31.5 Å². The Balaban J connectivity index is 2.76. The molecule has 0 aliphatic carbocycles. The first-order chi connectivity index (χ1) is 7.69. The van der Waals surface area contributed by atoms with Crippen molar-refractivity contribution in [3.8, 4) is 0 Å². The van der Waals surface area contributed by atoms with Crippen molar-refractivity contribution in [3.63, 3.8) is 0 Å². The van der Waals surface area contributed by atoms with Gasteiger partial charge in [-0.3, -0.25) is 0 Å². The number of aliphatic hydroxyl groups excluding tert-OH is 1. The van der Waals surface area contributed by atoms with Crippen LogP contribution in [0.5, 0.6) is 0 Å². The first-order valence-electron chi connectivity index (χ1n) is 6.22. The molecule has 1 N–H and O–H groups in total. The van der Waals surface area contributed by atoms with E-state index in [1.165, 1.54) is 5.69 Å². The van der Waals surface area contributed by atoms with Crippen molar-refractivity contribution in [2.45, 2.75) is 39.7 Å². The van der Waals surface area contributed by atoms with Crippen molar-refractivity contribution < 1.29 is 5.11 Å². The van der Waals surface area contributed by atoms with E-state index >= 15 is 0 Å². The van der Waals surface area contributed by atoms with Crippen LogP contribution in [0.3, 0.4) is 0 Å². The molecule has 90 valence electrons. The van der Waals surface area contributed by atoms with Gasteiger partial charge in [-0.1, -0.05) is 26.0 Å². The van der Waals surface area contributed by atoms with Crippen molar-refractivity contribution in [1.29, 1.82) is 0 Å². The minimum Gasteiger partial charge on any atom is -0.389 e. The Hall–Kier alpha value is -1.02. The number of benzene rings is 1. The van der Waals surface area contributed by atoms with E-state index in [-0.39, 0.29) is 6.10 Å². The van der Waals surface area contributed by atoms with Crippen molar-refractivity contribution in [3.05, 3.63) is 29.8 Å². The minimum absolute atomic E-state index is 0.375. The molecule has 0 heterocycles. The van der Waals surface area contributed by atoms with Gasteiger partial charge in [0, 0.05) is 18.8 Å². The lowest BCUT2D eigenvalue weighted by Crippen LogP contribution is -2.24. The minimum atomic E-state index is -0.375. The van der Waals surface area contributed by atoms with E-state index in [2.05, 4.69) is 30.9 Å². The normalized spacial score (nSPS) is 12.5. The largest absolute Gasteiger partial charge is 0.389 e. The lowest BCUT2D eigenvalue weighted by molar-refractivity contribution is 0.199. The number of hydrogen-bond acceptors (Lipinski definition) is 2. The summed E-state index contributed by atoms with van der Waals surface area (Å²) in [6, 6.07) is 8.23. The molecule has 1 atom stereocenters. The van der Waals surface area contributed by atoms with Gasteiger partial charge in [-0.15, -0.1) is 0 Å². The van der Waals surface area contributed by atoms with Gasteiger partial charge in [0.2, 0.25) is 0 Å². The van der Waals surface area contributed by atoms with Gasteiger partial charge >= 0.3 is 0 Å². The Labute approximate surface area is 98.9 Å². The first kappa shape index (κ1) is 13.0. The van der Waals surface area contributed by atoms with Crippen LogP contribution >= 0.6 is 0 Å². The maximum absolute atomic E-state index is 9.45. The van der Waals surface area contributed by atoms with E-state index in [0.29, 0.717) is 0 Å². The molecule has 0 bridgehead atoms. The molecule has 0 radical (unpaired) electrons. The second-order valence-corrected chi connectivity index (χ2v) is 4.25. The summed E-state index contributed by atoms with van der Waals surface area (Å²) in [6.07, 6.45) is 1.95. The molecular formula is C14H23NO. The van der Waals surface area contributed by atoms with E-state index in [1.54, 1.807) is 6.92 Å². The molecule has 1 aromatic rings. The third kappa shape index (κ3) is 3.53. The smallest absolute Gasteiger partial charge is 0.0761 e. The standard InChI is InChI=1S/C14H23NO/c1-4-10-15(11-5-2)14-8-6-13(7-9-14)12(3)16/h6-9,12,16H,4-5,10-11H2,1-3H3/t12-/m0/s1. The highest BCUT2D eigenvalue weighted by atomic mass is 16.3. The second kappa shape index (κ2) is 6.54. The molecule has 2 nitrogen and oxygen atoms in total. The third-order valence-electron chi connectivity index (χ3n) is 2.73. The molecule has 0 aromatic heterocycles. The van der Waals surface area contributed by atoms with Gasteiger partial charge < -0.3 is 10.0 Å². The predicted octanol–water partition coefficient (Wildman–Crippen LogP) is 3.37. The average molecular weight is 221 g/mol. The van der Waals surface area contributed by atoms with E-state index < -0.39 is 0 Å². The van der Waals surface area contributed by atoms with E-state index in [4.69, 9.17) is 0 Å². The SMILES string of the molecule is CCCN(CCC)c1ccc([C@H](C)O)cc1. The summed E-state index contributed by atoms with van der Waals surface area (Å²) in [4.78, 5) is 2.39. The fraction of sp³-hybridized carbons (Fsp3) is 0.571. The molecule has 0 unspecified atom stereocenters. The van der Waals surface area contributed by atoms with Crippen molar-refractivity contribution >= 4 is 5.69 Å². The Kier molecular flexibility index (Phi) is 5.33. The van der Waals surface area contributed by atoms with Crippen LogP contribution in [0.1, 0.15) is 45.3 Å².